The molecular weight excluding hydrogens is 204 g/mol. The fourth-order valence-electron chi connectivity index (χ4n) is 2.49. The van der Waals surface area contributed by atoms with Gasteiger partial charge in [-0.3, -0.25) is 4.79 Å². The Morgan fingerprint density at radius 1 is 1.25 bits per heavy atom. The van der Waals surface area contributed by atoms with Gasteiger partial charge in [0.15, 0.2) is 0 Å². The van der Waals surface area contributed by atoms with E-state index in [0.29, 0.717) is 19.3 Å². The number of carbonyl (C=O) groups excluding carboxylic acids is 1. The molecule has 1 heterocycles. The molecule has 4 heteroatoms. The molecule has 1 atom stereocenters. The summed E-state index contributed by atoms with van der Waals surface area (Å²) in [6, 6.07) is 0.0338. The molecule has 1 aliphatic carbocycles. The van der Waals surface area contributed by atoms with Crippen molar-refractivity contribution in [2.45, 2.75) is 50.7 Å². The fourth-order valence-corrected chi connectivity index (χ4v) is 2.49. The summed E-state index contributed by atoms with van der Waals surface area (Å²) in [7, 11) is 0. The van der Waals surface area contributed by atoms with Gasteiger partial charge in [-0.25, -0.2) is 0 Å². The molecule has 1 saturated carbocycles. The van der Waals surface area contributed by atoms with Crippen LogP contribution in [0.4, 0.5) is 0 Å². The molecule has 1 amide bonds. The Bertz CT molecular complexity index is 221. The Morgan fingerprint density at radius 3 is 2.75 bits per heavy atom. The normalized spacial score (nSPS) is 26.1. The zero-order chi connectivity index (χ0) is 11.2. The van der Waals surface area contributed by atoms with Crippen LogP contribution in [0, 0.1) is 0 Å². The van der Waals surface area contributed by atoms with E-state index in [-0.39, 0.29) is 11.9 Å². The maximum Gasteiger partial charge on any atom is 0.237 e. The molecule has 4 nitrogen and oxygen atoms in total. The van der Waals surface area contributed by atoms with Crippen molar-refractivity contribution in [3.63, 3.8) is 0 Å². The van der Waals surface area contributed by atoms with Crippen molar-refractivity contribution < 1.29 is 9.53 Å². The summed E-state index contributed by atoms with van der Waals surface area (Å²) in [6.07, 6.45) is 7.50. The first-order valence-corrected chi connectivity index (χ1v) is 6.49. The second kappa shape index (κ2) is 6.21. The predicted molar refractivity (Wildman–Crippen MR) is 62.2 cm³/mol. The highest BCUT2D eigenvalue weighted by molar-refractivity contribution is 5.81. The van der Waals surface area contributed by atoms with Gasteiger partial charge in [0.25, 0.3) is 0 Å². The monoisotopic (exact) mass is 226 g/mol. The lowest BCUT2D eigenvalue weighted by atomic mass is 10.2. The van der Waals surface area contributed by atoms with E-state index in [0.717, 1.165) is 19.4 Å². The van der Waals surface area contributed by atoms with Crippen molar-refractivity contribution in [2.75, 3.05) is 19.7 Å². The number of carbonyl (C=O) groups is 1. The highest BCUT2D eigenvalue weighted by Gasteiger charge is 2.21. The molecule has 1 saturated heterocycles. The van der Waals surface area contributed by atoms with E-state index in [1.807, 2.05) is 0 Å². The highest BCUT2D eigenvalue weighted by atomic mass is 16.5. The van der Waals surface area contributed by atoms with Crippen LogP contribution < -0.4 is 10.6 Å². The van der Waals surface area contributed by atoms with Crippen molar-refractivity contribution >= 4 is 5.91 Å². The van der Waals surface area contributed by atoms with E-state index in [9.17, 15) is 4.79 Å². The average Bonchev–Trinajstić information content (AvgIpc) is 2.96. The lowest BCUT2D eigenvalue weighted by Crippen LogP contribution is -2.41. The van der Waals surface area contributed by atoms with Gasteiger partial charge in [-0.15, -0.1) is 0 Å². The molecule has 0 radical (unpaired) electrons. The van der Waals surface area contributed by atoms with E-state index in [1.54, 1.807) is 0 Å². The predicted octanol–water partition coefficient (Wildman–Crippen LogP) is 0.814. The molecule has 2 fully saturated rings. The summed E-state index contributed by atoms with van der Waals surface area (Å²) in [6.45, 7) is 2.27. The lowest BCUT2D eigenvalue weighted by molar-refractivity contribution is -0.123. The summed E-state index contributed by atoms with van der Waals surface area (Å²) < 4.78 is 5.68. The number of hydrogen-bond acceptors (Lipinski definition) is 3. The standard InChI is InChI=1S/C12H22N2O2/c15-12(11-6-3-7-13-11)14-8-9-16-10-4-1-2-5-10/h10-11,13H,1-9H2,(H,14,15)/t11-/m1/s1. The van der Waals surface area contributed by atoms with Crippen LogP contribution in [-0.2, 0) is 9.53 Å². The van der Waals surface area contributed by atoms with Gasteiger partial charge in [0.1, 0.15) is 0 Å². The van der Waals surface area contributed by atoms with E-state index in [1.165, 1.54) is 25.7 Å². The maximum atomic E-state index is 11.6. The molecule has 2 rings (SSSR count). The van der Waals surface area contributed by atoms with Crippen LogP contribution in [0.25, 0.3) is 0 Å². The molecule has 0 unspecified atom stereocenters. The van der Waals surface area contributed by atoms with Crippen LogP contribution in [0.3, 0.4) is 0 Å². The van der Waals surface area contributed by atoms with Gasteiger partial charge in [0.2, 0.25) is 5.91 Å². The molecule has 0 bridgehead atoms. The van der Waals surface area contributed by atoms with Crippen molar-refractivity contribution in [3.8, 4) is 0 Å². The van der Waals surface area contributed by atoms with E-state index >= 15 is 0 Å². The molecule has 0 aromatic heterocycles. The minimum atomic E-state index is 0.0338. The Morgan fingerprint density at radius 2 is 2.06 bits per heavy atom. The molecule has 2 N–H and O–H groups in total. The quantitative estimate of drug-likeness (QED) is 0.682. The molecule has 92 valence electrons. The lowest BCUT2D eigenvalue weighted by Gasteiger charge is -2.13. The van der Waals surface area contributed by atoms with Gasteiger partial charge in [-0.05, 0) is 32.2 Å². The van der Waals surface area contributed by atoms with Crippen molar-refractivity contribution in [1.82, 2.24) is 10.6 Å². The third-order valence-corrected chi connectivity index (χ3v) is 3.43. The Balaban J connectivity index is 1.51. The van der Waals surface area contributed by atoms with Crippen LogP contribution in [0.15, 0.2) is 0 Å². The fraction of sp³-hybridized carbons (Fsp3) is 0.917. The molecule has 0 spiro atoms. The Labute approximate surface area is 97.1 Å². The maximum absolute atomic E-state index is 11.6. The van der Waals surface area contributed by atoms with Crippen LogP contribution in [0.5, 0.6) is 0 Å². The Hall–Kier alpha value is -0.610. The number of ether oxygens (including phenoxy) is 1. The van der Waals surface area contributed by atoms with E-state index < -0.39 is 0 Å². The zero-order valence-corrected chi connectivity index (χ0v) is 9.84. The second-order valence-corrected chi connectivity index (χ2v) is 4.72. The van der Waals surface area contributed by atoms with Crippen LogP contribution in [0.1, 0.15) is 38.5 Å². The smallest absolute Gasteiger partial charge is 0.237 e. The molecule has 0 aromatic rings. The Kier molecular flexibility index (Phi) is 4.60. The van der Waals surface area contributed by atoms with Gasteiger partial charge < -0.3 is 15.4 Å². The van der Waals surface area contributed by atoms with E-state index in [4.69, 9.17) is 4.74 Å². The van der Waals surface area contributed by atoms with Gasteiger partial charge in [-0.1, -0.05) is 12.8 Å². The van der Waals surface area contributed by atoms with Crippen LogP contribution in [-0.4, -0.2) is 37.7 Å². The first kappa shape index (κ1) is 11.9. The molecular formula is C12H22N2O2. The largest absolute Gasteiger partial charge is 0.376 e. The van der Waals surface area contributed by atoms with Gasteiger partial charge in [0.05, 0.1) is 18.8 Å². The van der Waals surface area contributed by atoms with Gasteiger partial charge >= 0.3 is 0 Å². The van der Waals surface area contributed by atoms with Crippen LogP contribution >= 0.6 is 0 Å². The second-order valence-electron chi connectivity index (χ2n) is 4.72. The first-order chi connectivity index (χ1) is 7.86. The number of rotatable bonds is 5. The average molecular weight is 226 g/mol. The molecule has 1 aliphatic heterocycles. The zero-order valence-electron chi connectivity index (χ0n) is 9.84. The number of hydrogen-bond donors (Lipinski definition) is 2. The third kappa shape index (κ3) is 3.46. The topological polar surface area (TPSA) is 50.4 Å². The summed E-state index contributed by atoms with van der Waals surface area (Å²) >= 11 is 0. The van der Waals surface area contributed by atoms with Crippen molar-refractivity contribution in [1.29, 1.82) is 0 Å². The van der Waals surface area contributed by atoms with Crippen molar-refractivity contribution in [2.24, 2.45) is 0 Å². The van der Waals surface area contributed by atoms with Gasteiger partial charge in [-0.2, -0.15) is 0 Å². The third-order valence-electron chi connectivity index (χ3n) is 3.43. The summed E-state index contributed by atoms with van der Waals surface area (Å²) in [4.78, 5) is 11.6. The van der Waals surface area contributed by atoms with Gasteiger partial charge in [0, 0.05) is 6.54 Å². The van der Waals surface area contributed by atoms with Crippen LogP contribution in [0.2, 0.25) is 0 Å². The van der Waals surface area contributed by atoms with Crippen molar-refractivity contribution in [3.05, 3.63) is 0 Å². The summed E-state index contributed by atoms with van der Waals surface area (Å²) in [5.41, 5.74) is 0. The minimum Gasteiger partial charge on any atom is -0.376 e. The number of amides is 1. The summed E-state index contributed by atoms with van der Waals surface area (Å²) in [5.74, 6) is 0.132. The highest BCUT2D eigenvalue weighted by Crippen LogP contribution is 2.20. The molecule has 0 aromatic carbocycles. The minimum absolute atomic E-state index is 0.0338. The SMILES string of the molecule is O=C(NCCOC1CCCC1)[C@H]1CCCN1. The first-order valence-electron chi connectivity index (χ1n) is 6.49. The van der Waals surface area contributed by atoms with E-state index in [2.05, 4.69) is 10.6 Å². The molecule has 2 aliphatic rings. The molecule has 16 heavy (non-hydrogen) atoms. The summed E-state index contributed by atoms with van der Waals surface area (Å²) in [5, 5.41) is 6.11. The number of nitrogens with one attached hydrogen (secondary N) is 2.